The summed E-state index contributed by atoms with van der Waals surface area (Å²) in [5.41, 5.74) is 2.01. The fourth-order valence-corrected chi connectivity index (χ4v) is 4.87. The Bertz CT molecular complexity index is 1280. The van der Waals surface area contributed by atoms with Crippen LogP contribution in [0.25, 0.3) is 33.1 Å². The molecular formula is C25H25F2N3O. The van der Waals surface area contributed by atoms with Gasteiger partial charge in [0.2, 0.25) is 0 Å². The van der Waals surface area contributed by atoms with E-state index in [1.807, 2.05) is 18.2 Å². The standard InChI is InChI=1S/C25H25F2N3O/c1-14-2-7-18(8-3-14)31-25-28-20-13-19(26)22(23(27)24(20)29-25)16-4-9-21-15(12-16)10-11-30(21)17-5-6-17/h4,9-14,17-18H,2-3,5-8H2,1H3,(H,28,29). The molecule has 0 saturated heterocycles. The fourth-order valence-electron chi connectivity index (χ4n) is 4.87. The van der Waals surface area contributed by atoms with E-state index >= 15 is 4.39 Å². The number of nitrogens with zero attached hydrogens (tertiary/aromatic N) is 2. The van der Waals surface area contributed by atoms with E-state index in [9.17, 15) is 4.39 Å². The van der Waals surface area contributed by atoms with E-state index in [-0.39, 0.29) is 23.2 Å². The van der Waals surface area contributed by atoms with Gasteiger partial charge in [0.15, 0.2) is 5.82 Å². The Balaban J connectivity index is 1.36. The first kappa shape index (κ1) is 18.8. The SMILES string of the molecule is CC1CCC(Oc2nc3c(F)c(-c4ccc5c(ccn5C5CC5)c4)c(F)cc3[nH]2)CC1. The molecule has 31 heavy (non-hydrogen) atoms. The number of ether oxygens (including phenoxy) is 1. The molecule has 2 aliphatic rings. The monoisotopic (exact) mass is 421 g/mol. The van der Waals surface area contributed by atoms with E-state index < -0.39 is 11.6 Å². The molecule has 0 amide bonds. The van der Waals surface area contributed by atoms with Crippen molar-refractivity contribution in [3.05, 3.63) is 48.2 Å². The summed E-state index contributed by atoms with van der Waals surface area (Å²) in [7, 11) is 0. The first-order chi connectivity index (χ1) is 15.1. The molecule has 4 nitrogen and oxygen atoms in total. The number of aromatic nitrogens is 3. The van der Waals surface area contributed by atoms with Gasteiger partial charge in [-0.1, -0.05) is 13.0 Å². The van der Waals surface area contributed by atoms with Gasteiger partial charge in [0, 0.05) is 29.2 Å². The molecule has 6 heteroatoms. The van der Waals surface area contributed by atoms with Gasteiger partial charge in [-0.05, 0) is 68.2 Å². The van der Waals surface area contributed by atoms with Gasteiger partial charge in [0.05, 0.1) is 11.1 Å². The Morgan fingerprint density at radius 1 is 1.03 bits per heavy atom. The third-order valence-electron chi connectivity index (χ3n) is 6.84. The lowest BCUT2D eigenvalue weighted by molar-refractivity contribution is 0.126. The van der Waals surface area contributed by atoms with Crippen molar-refractivity contribution in [1.82, 2.24) is 14.5 Å². The van der Waals surface area contributed by atoms with Crippen LogP contribution in [0.15, 0.2) is 36.5 Å². The van der Waals surface area contributed by atoms with Crippen LogP contribution in [-0.2, 0) is 0 Å². The van der Waals surface area contributed by atoms with Gasteiger partial charge in [-0.15, -0.1) is 0 Å². The second-order valence-electron chi connectivity index (χ2n) is 9.21. The average Bonchev–Trinajstić information content (AvgIpc) is 3.38. The van der Waals surface area contributed by atoms with E-state index in [2.05, 4.69) is 27.7 Å². The highest BCUT2D eigenvalue weighted by molar-refractivity contribution is 5.89. The van der Waals surface area contributed by atoms with Crippen molar-refractivity contribution in [2.75, 3.05) is 0 Å². The van der Waals surface area contributed by atoms with Crippen LogP contribution in [0.3, 0.4) is 0 Å². The maximum atomic E-state index is 15.4. The Labute approximate surface area is 179 Å². The fraction of sp³-hybridized carbons (Fsp3) is 0.400. The van der Waals surface area contributed by atoms with Gasteiger partial charge in [-0.2, -0.15) is 4.98 Å². The van der Waals surface area contributed by atoms with Crippen LogP contribution in [0.1, 0.15) is 51.5 Å². The second kappa shape index (κ2) is 7.08. The summed E-state index contributed by atoms with van der Waals surface area (Å²) < 4.78 is 38.6. The number of imidazole rings is 1. The summed E-state index contributed by atoms with van der Waals surface area (Å²) >= 11 is 0. The van der Waals surface area contributed by atoms with Crippen LogP contribution in [0, 0.1) is 17.6 Å². The quantitative estimate of drug-likeness (QED) is 0.396. The van der Waals surface area contributed by atoms with E-state index in [1.165, 1.54) is 18.9 Å². The van der Waals surface area contributed by atoms with Crippen molar-refractivity contribution in [3.63, 3.8) is 0 Å². The third-order valence-corrected chi connectivity index (χ3v) is 6.84. The van der Waals surface area contributed by atoms with E-state index in [0.29, 0.717) is 23.0 Å². The highest BCUT2D eigenvalue weighted by atomic mass is 19.1. The van der Waals surface area contributed by atoms with Crippen molar-refractivity contribution < 1.29 is 13.5 Å². The molecule has 0 atom stereocenters. The summed E-state index contributed by atoms with van der Waals surface area (Å²) in [4.78, 5) is 7.28. The normalized spacial score (nSPS) is 21.8. The van der Waals surface area contributed by atoms with Gasteiger partial charge in [0.1, 0.15) is 17.4 Å². The third kappa shape index (κ3) is 3.29. The summed E-state index contributed by atoms with van der Waals surface area (Å²) in [6.07, 6.45) is 8.66. The van der Waals surface area contributed by atoms with E-state index in [1.54, 1.807) is 6.07 Å². The van der Waals surface area contributed by atoms with Crippen LogP contribution < -0.4 is 4.74 Å². The summed E-state index contributed by atoms with van der Waals surface area (Å²) in [5, 5.41) is 0.987. The molecule has 2 aliphatic carbocycles. The topological polar surface area (TPSA) is 42.8 Å². The minimum absolute atomic E-state index is 0.0434. The first-order valence-electron chi connectivity index (χ1n) is 11.2. The Kier molecular flexibility index (Phi) is 4.30. The van der Waals surface area contributed by atoms with Crippen molar-refractivity contribution >= 4 is 21.9 Å². The highest BCUT2D eigenvalue weighted by Gasteiger charge is 2.25. The molecule has 1 N–H and O–H groups in total. The number of hydrogen-bond donors (Lipinski definition) is 1. The van der Waals surface area contributed by atoms with E-state index in [0.717, 1.165) is 36.6 Å². The number of H-pyrrole nitrogens is 1. The predicted octanol–water partition coefficient (Wildman–Crippen LogP) is 6.76. The zero-order valence-electron chi connectivity index (χ0n) is 17.5. The molecule has 2 heterocycles. The van der Waals surface area contributed by atoms with Crippen molar-refractivity contribution in [2.45, 2.75) is 57.6 Å². The van der Waals surface area contributed by atoms with Gasteiger partial charge < -0.3 is 14.3 Å². The maximum absolute atomic E-state index is 15.4. The number of halogens is 2. The van der Waals surface area contributed by atoms with Crippen LogP contribution >= 0.6 is 0 Å². The van der Waals surface area contributed by atoms with Crippen LogP contribution in [0.4, 0.5) is 8.78 Å². The lowest BCUT2D eigenvalue weighted by Crippen LogP contribution is -2.23. The number of benzene rings is 2. The van der Waals surface area contributed by atoms with Gasteiger partial charge in [0.25, 0.3) is 6.01 Å². The molecule has 0 bridgehead atoms. The average molecular weight is 421 g/mol. The molecule has 2 saturated carbocycles. The summed E-state index contributed by atoms with van der Waals surface area (Å²) in [6.45, 7) is 2.25. The number of hydrogen-bond acceptors (Lipinski definition) is 2. The molecule has 2 fully saturated rings. The Morgan fingerprint density at radius 2 is 1.84 bits per heavy atom. The number of aromatic amines is 1. The predicted molar refractivity (Wildman–Crippen MR) is 117 cm³/mol. The first-order valence-corrected chi connectivity index (χ1v) is 11.2. The smallest absolute Gasteiger partial charge is 0.294 e. The molecule has 0 aliphatic heterocycles. The summed E-state index contributed by atoms with van der Waals surface area (Å²) in [6, 6.07) is 9.75. The van der Waals surface area contributed by atoms with Crippen molar-refractivity contribution in [1.29, 1.82) is 0 Å². The lowest BCUT2D eigenvalue weighted by Gasteiger charge is -2.25. The van der Waals surface area contributed by atoms with Gasteiger partial charge in [-0.25, -0.2) is 8.78 Å². The van der Waals surface area contributed by atoms with E-state index in [4.69, 9.17) is 4.74 Å². The van der Waals surface area contributed by atoms with Crippen molar-refractivity contribution in [2.24, 2.45) is 5.92 Å². The minimum Gasteiger partial charge on any atom is -0.461 e. The molecule has 4 aromatic rings. The van der Waals surface area contributed by atoms with Crippen molar-refractivity contribution in [3.8, 4) is 17.1 Å². The van der Waals surface area contributed by atoms with Gasteiger partial charge >= 0.3 is 0 Å². The lowest BCUT2D eigenvalue weighted by atomic mass is 9.89. The molecule has 6 rings (SSSR count). The molecule has 2 aromatic heterocycles. The van der Waals surface area contributed by atoms with Crippen LogP contribution in [0.5, 0.6) is 6.01 Å². The number of rotatable bonds is 4. The zero-order chi connectivity index (χ0) is 21.1. The zero-order valence-corrected chi connectivity index (χ0v) is 17.5. The molecule has 160 valence electrons. The summed E-state index contributed by atoms with van der Waals surface area (Å²) in [5.74, 6) is -0.546. The molecule has 2 aromatic carbocycles. The van der Waals surface area contributed by atoms with Gasteiger partial charge in [-0.3, -0.25) is 0 Å². The minimum atomic E-state index is -0.653. The molecule has 0 spiro atoms. The number of nitrogens with one attached hydrogen (secondary N) is 1. The van der Waals surface area contributed by atoms with Crippen LogP contribution in [0.2, 0.25) is 0 Å². The second-order valence-corrected chi connectivity index (χ2v) is 9.21. The molecule has 0 radical (unpaired) electrons. The Morgan fingerprint density at radius 3 is 2.61 bits per heavy atom. The van der Waals surface area contributed by atoms with Crippen LogP contribution in [-0.4, -0.2) is 20.6 Å². The number of fused-ring (bicyclic) bond motifs is 2. The molecule has 0 unspecified atom stereocenters. The maximum Gasteiger partial charge on any atom is 0.294 e. The highest BCUT2D eigenvalue weighted by Crippen LogP contribution is 2.39. The Hall–Kier alpha value is -2.89. The molecular weight excluding hydrogens is 396 g/mol. The largest absolute Gasteiger partial charge is 0.461 e.